The molecule has 0 aliphatic carbocycles. The predicted molar refractivity (Wildman–Crippen MR) is 87.2 cm³/mol. The van der Waals surface area contributed by atoms with Crippen LogP contribution in [0.2, 0.25) is 0 Å². The molecule has 0 unspecified atom stereocenters. The number of aromatic nitrogens is 3. The molecule has 0 bridgehead atoms. The van der Waals surface area contributed by atoms with Crippen LogP contribution in [-0.4, -0.2) is 33.2 Å². The molecular weight excluding hydrogens is 310 g/mol. The Hall–Kier alpha value is -3.26. The van der Waals surface area contributed by atoms with Crippen LogP contribution in [0.3, 0.4) is 0 Å². The maximum Gasteiger partial charge on any atom is 0.247 e. The van der Waals surface area contributed by atoms with Gasteiger partial charge in [0, 0.05) is 23.8 Å². The van der Waals surface area contributed by atoms with Gasteiger partial charge in [-0.3, -0.25) is 10.0 Å². The zero-order valence-electron chi connectivity index (χ0n) is 12.9. The molecule has 122 valence electrons. The maximum atomic E-state index is 11.1. The van der Waals surface area contributed by atoms with Gasteiger partial charge < -0.3 is 10.1 Å². The van der Waals surface area contributed by atoms with E-state index in [0.29, 0.717) is 22.9 Å². The van der Waals surface area contributed by atoms with Crippen LogP contribution in [0.1, 0.15) is 5.56 Å². The van der Waals surface area contributed by atoms with Crippen LogP contribution in [-0.2, 0) is 11.2 Å². The van der Waals surface area contributed by atoms with Gasteiger partial charge in [-0.2, -0.15) is 4.98 Å². The van der Waals surface area contributed by atoms with Gasteiger partial charge in [0.1, 0.15) is 5.82 Å². The summed E-state index contributed by atoms with van der Waals surface area (Å²) < 4.78 is 5.10. The Morgan fingerprint density at radius 3 is 2.79 bits per heavy atom. The van der Waals surface area contributed by atoms with E-state index in [1.54, 1.807) is 43.2 Å². The lowest BCUT2D eigenvalue weighted by atomic mass is 10.2. The number of carbonyl (C=O) groups excluding carboxylic acids is 1. The molecule has 8 nitrogen and oxygen atoms in total. The largest absolute Gasteiger partial charge is 0.481 e. The summed E-state index contributed by atoms with van der Waals surface area (Å²) in [5, 5.41) is 12.6. The molecule has 3 heterocycles. The molecule has 0 aliphatic rings. The zero-order chi connectivity index (χ0) is 16.9. The van der Waals surface area contributed by atoms with Crippen molar-refractivity contribution in [3.8, 4) is 5.88 Å². The first kappa shape index (κ1) is 15.6. The fourth-order valence-electron chi connectivity index (χ4n) is 2.20. The number of fused-ring (bicyclic) bond motifs is 1. The molecule has 0 atom stereocenters. The quantitative estimate of drug-likeness (QED) is 0.485. The summed E-state index contributed by atoms with van der Waals surface area (Å²) in [7, 11) is 1.55. The highest BCUT2D eigenvalue weighted by Gasteiger charge is 2.07. The number of ether oxygens (including phenoxy) is 1. The first-order chi connectivity index (χ1) is 11.7. The highest BCUT2D eigenvalue weighted by molar-refractivity contribution is 5.90. The summed E-state index contributed by atoms with van der Waals surface area (Å²) in [5.41, 5.74) is 3.66. The molecule has 0 fully saturated rings. The molecule has 1 amide bonds. The minimum absolute atomic E-state index is 0.0612. The Morgan fingerprint density at radius 2 is 2.08 bits per heavy atom. The van der Waals surface area contributed by atoms with Gasteiger partial charge in [0.2, 0.25) is 11.8 Å². The van der Waals surface area contributed by atoms with Gasteiger partial charge in [-0.1, -0.05) is 6.07 Å². The number of nitrogens with zero attached hydrogens (tertiary/aromatic N) is 3. The molecule has 3 rings (SSSR count). The Labute approximate surface area is 137 Å². The van der Waals surface area contributed by atoms with Crippen molar-refractivity contribution >= 4 is 28.4 Å². The average molecular weight is 325 g/mol. The number of anilines is 2. The standard InChI is InChI=1S/C16H15N5O3/c1-24-15-5-3-11-12(6-7-17-16(11)20-15)19-13-4-2-10(9-18-13)8-14(22)21-23/h2-7,9,23H,8H2,1H3,(H,21,22)(H,17,18,19,20). The highest BCUT2D eigenvalue weighted by atomic mass is 16.5. The predicted octanol–water partition coefficient (Wildman–Crippen LogP) is 1.82. The summed E-state index contributed by atoms with van der Waals surface area (Å²) in [4.78, 5) is 23.9. The van der Waals surface area contributed by atoms with Gasteiger partial charge in [-0.15, -0.1) is 0 Å². The monoisotopic (exact) mass is 325 g/mol. The van der Waals surface area contributed by atoms with E-state index in [4.69, 9.17) is 9.94 Å². The van der Waals surface area contributed by atoms with Gasteiger partial charge in [0.15, 0.2) is 5.65 Å². The van der Waals surface area contributed by atoms with Crippen molar-refractivity contribution in [3.05, 3.63) is 48.3 Å². The number of pyridine rings is 3. The summed E-state index contributed by atoms with van der Waals surface area (Å²) in [6, 6.07) is 8.97. The first-order valence-corrected chi connectivity index (χ1v) is 7.14. The van der Waals surface area contributed by atoms with Crippen LogP contribution in [0.5, 0.6) is 5.88 Å². The summed E-state index contributed by atoms with van der Waals surface area (Å²) in [6.45, 7) is 0. The topological polar surface area (TPSA) is 109 Å². The Bertz CT molecular complexity index is 867. The van der Waals surface area contributed by atoms with Crippen LogP contribution in [0.4, 0.5) is 11.5 Å². The lowest BCUT2D eigenvalue weighted by Crippen LogP contribution is -2.20. The molecule has 0 spiro atoms. The Balaban J connectivity index is 1.83. The second kappa shape index (κ2) is 6.88. The molecule has 0 aromatic carbocycles. The van der Waals surface area contributed by atoms with E-state index < -0.39 is 5.91 Å². The SMILES string of the molecule is COc1ccc2c(Nc3ccc(CC(=O)NO)cn3)ccnc2n1. The van der Waals surface area contributed by atoms with Gasteiger partial charge >= 0.3 is 0 Å². The summed E-state index contributed by atoms with van der Waals surface area (Å²) in [6.07, 6.45) is 3.28. The molecule has 0 saturated carbocycles. The maximum absolute atomic E-state index is 11.1. The van der Waals surface area contributed by atoms with Crippen molar-refractivity contribution in [2.75, 3.05) is 12.4 Å². The fraction of sp³-hybridized carbons (Fsp3) is 0.125. The van der Waals surface area contributed by atoms with Crippen LogP contribution >= 0.6 is 0 Å². The zero-order valence-corrected chi connectivity index (χ0v) is 12.9. The minimum Gasteiger partial charge on any atom is -0.481 e. The van der Waals surface area contributed by atoms with Crippen molar-refractivity contribution in [3.63, 3.8) is 0 Å². The third-order valence-electron chi connectivity index (χ3n) is 3.36. The molecular formula is C16H15N5O3. The molecule has 0 saturated heterocycles. The van der Waals surface area contributed by atoms with Crippen LogP contribution in [0.15, 0.2) is 42.7 Å². The van der Waals surface area contributed by atoms with Crippen molar-refractivity contribution in [1.82, 2.24) is 20.4 Å². The summed E-state index contributed by atoms with van der Waals surface area (Å²) >= 11 is 0. The van der Waals surface area contributed by atoms with Gasteiger partial charge in [-0.05, 0) is 23.8 Å². The number of hydroxylamine groups is 1. The number of hydrogen-bond acceptors (Lipinski definition) is 7. The molecule has 0 aliphatic heterocycles. The lowest BCUT2D eigenvalue weighted by Gasteiger charge is -2.09. The minimum atomic E-state index is -0.488. The number of methoxy groups -OCH3 is 1. The second-order valence-electron chi connectivity index (χ2n) is 4.97. The number of carbonyl (C=O) groups is 1. The highest BCUT2D eigenvalue weighted by Crippen LogP contribution is 2.25. The van der Waals surface area contributed by atoms with Gasteiger partial charge in [0.05, 0.1) is 19.2 Å². The molecule has 0 radical (unpaired) electrons. The van der Waals surface area contributed by atoms with Crippen molar-refractivity contribution in [2.45, 2.75) is 6.42 Å². The average Bonchev–Trinajstić information content (AvgIpc) is 2.63. The molecule has 3 aromatic heterocycles. The smallest absolute Gasteiger partial charge is 0.247 e. The number of hydrogen-bond donors (Lipinski definition) is 3. The number of rotatable bonds is 5. The first-order valence-electron chi connectivity index (χ1n) is 7.14. The van der Waals surface area contributed by atoms with Gasteiger partial charge in [0.25, 0.3) is 0 Å². The number of amides is 1. The lowest BCUT2D eigenvalue weighted by molar-refractivity contribution is -0.128. The molecule has 8 heteroatoms. The fourth-order valence-corrected chi connectivity index (χ4v) is 2.20. The van der Waals surface area contributed by atoms with E-state index in [-0.39, 0.29) is 6.42 Å². The van der Waals surface area contributed by atoms with Crippen molar-refractivity contribution in [2.24, 2.45) is 0 Å². The van der Waals surface area contributed by atoms with Crippen LogP contribution < -0.4 is 15.5 Å². The third-order valence-corrected chi connectivity index (χ3v) is 3.36. The van der Waals surface area contributed by atoms with Gasteiger partial charge in [-0.25, -0.2) is 15.4 Å². The van der Waals surface area contributed by atoms with Crippen LogP contribution in [0, 0.1) is 0 Å². The normalized spacial score (nSPS) is 10.4. The van der Waals surface area contributed by atoms with E-state index in [9.17, 15) is 4.79 Å². The number of nitrogens with one attached hydrogen (secondary N) is 2. The Kier molecular flexibility index (Phi) is 4.48. The van der Waals surface area contributed by atoms with Crippen LogP contribution in [0.25, 0.3) is 11.0 Å². The second-order valence-corrected chi connectivity index (χ2v) is 4.97. The molecule has 3 aromatic rings. The van der Waals surface area contributed by atoms with Crippen molar-refractivity contribution < 1.29 is 14.7 Å². The van der Waals surface area contributed by atoms with E-state index >= 15 is 0 Å². The van der Waals surface area contributed by atoms with E-state index in [2.05, 4.69) is 20.3 Å². The summed E-state index contributed by atoms with van der Waals surface area (Å²) in [5.74, 6) is 0.626. The third kappa shape index (κ3) is 3.39. The van der Waals surface area contributed by atoms with E-state index in [1.807, 2.05) is 12.1 Å². The Morgan fingerprint density at radius 1 is 1.21 bits per heavy atom. The van der Waals surface area contributed by atoms with E-state index in [0.717, 1.165) is 11.1 Å². The molecule has 24 heavy (non-hydrogen) atoms. The van der Waals surface area contributed by atoms with Crippen molar-refractivity contribution in [1.29, 1.82) is 0 Å². The van der Waals surface area contributed by atoms with E-state index in [1.165, 1.54) is 0 Å². The molecule has 3 N–H and O–H groups in total.